The van der Waals surface area contributed by atoms with Crippen molar-refractivity contribution in [2.45, 2.75) is 19.9 Å². The number of ether oxygens (including phenoxy) is 2. The first-order valence-corrected chi connectivity index (χ1v) is 8.53. The lowest BCUT2D eigenvalue weighted by atomic mass is 10.1. The van der Waals surface area contributed by atoms with Crippen LogP contribution in [-0.4, -0.2) is 33.3 Å². The molecule has 0 bridgehead atoms. The van der Waals surface area contributed by atoms with Crippen LogP contribution in [0.25, 0.3) is 0 Å². The quantitative estimate of drug-likeness (QED) is 0.572. The minimum atomic E-state index is 0.598. The summed E-state index contributed by atoms with van der Waals surface area (Å²) in [7, 11) is 3.37. The molecule has 2 aromatic rings. The molecule has 0 aliphatic heterocycles. The summed E-state index contributed by atoms with van der Waals surface area (Å²) in [6.07, 6.45) is 0.869. The van der Waals surface area contributed by atoms with Gasteiger partial charge in [-0.3, -0.25) is 0 Å². The van der Waals surface area contributed by atoms with Gasteiger partial charge in [-0.15, -0.1) is 0 Å². The fourth-order valence-corrected chi connectivity index (χ4v) is 2.51. The van der Waals surface area contributed by atoms with Crippen LogP contribution < -0.4 is 20.1 Å². The molecule has 0 fully saturated rings. The van der Waals surface area contributed by atoms with E-state index in [2.05, 4.69) is 28.6 Å². The van der Waals surface area contributed by atoms with E-state index in [9.17, 15) is 0 Å². The van der Waals surface area contributed by atoms with Crippen LogP contribution in [0.3, 0.4) is 0 Å². The second-order valence-electron chi connectivity index (χ2n) is 5.54. The third kappa shape index (κ3) is 6.03. The molecule has 0 aliphatic carbocycles. The van der Waals surface area contributed by atoms with Crippen LogP contribution in [0.4, 0.5) is 0 Å². The first kappa shape index (κ1) is 18.6. The highest BCUT2D eigenvalue weighted by Gasteiger charge is 2.03. The van der Waals surface area contributed by atoms with Gasteiger partial charge in [0, 0.05) is 13.1 Å². The predicted molar refractivity (Wildman–Crippen MR) is 103 cm³/mol. The maximum atomic E-state index is 5.39. The summed E-state index contributed by atoms with van der Waals surface area (Å²) in [5, 5.41) is 6.64. The highest BCUT2D eigenvalue weighted by molar-refractivity contribution is 5.79. The van der Waals surface area contributed by atoms with Gasteiger partial charge in [0.25, 0.3) is 0 Å². The Labute approximate surface area is 150 Å². The van der Waals surface area contributed by atoms with Gasteiger partial charge in [-0.25, -0.2) is 4.99 Å². The summed E-state index contributed by atoms with van der Waals surface area (Å²) in [6, 6.07) is 16.0. The SMILES string of the molecule is CCNC(=NCc1cccc(OC)c1)NCCc1ccccc1OC. The van der Waals surface area contributed by atoms with Crippen LogP contribution in [0.5, 0.6) is 11.5 Å². The number of para-hydroxylation sites is 1. The van der Waals surface area contributed by atoms with E-state index in [1.165, 1.54) is 5.56 Å². The Morgan fingerprint density at radius 2 is 1.84 bits per heavy atom. The summed E-state index contributed by atoms with van der Waals surface area (Å²) in [6.45, 7) is 4.26. The number of nitrogens with one attached hydrogen (secondary N) is 2. The number of rotatable bonds is 8. The van der Waals surface area contributed by atoms with Gasteiger partial charge in [0.05, 0.1) is 20.8 Å². The first-order chi connectivity index (χ1) is 12.3. The number of hydrogen-bond donors (Lipinski definition) is 2. The number of nitrogens with zero attached hydrogens (tertiary/aromatic N) is 1. The largest absolute Gasteiger partial charge is 0.497 e. The van der Waals surface area contributed by atoms with Gasteiger partial charge >= 0.3 is 0 Å². The van der Waals surface area contributed by atoms with E-state index in [1.807, 2.05) is 42.5 Å². The molecule has 0 saturated heterocycles. The van der Waals surface area contributed by atoms with E-state index in [-0.39, 0.29) is 0 Å². The second kappa shape index (κ2) is 10.2. The van der Waals surface area contributed by atoms with Crippen LogP contribution in [0.15, 0.2) is 53.5 Å². The van der Waals surface area contributed by atoms with Gasteiger partial charge in [0.15, 0.2) is 5.96 Å². The van der Waals surface area contributed by atoms with Gasteiger partial charge in [0.1, 0.15) is 11.5 Å². The molecule has 0 aliphatic rings. The van der Waals surface area contributed by atoms with Crippen molar-refractivity contribution in [2.75, 3.05) is 27.3 Å². The highest BCUT2D eigenvalue weighted by atomic mass is 16.5. The molecule has 2 aromatic carbocycles. The molecule has 2 N–H and O–H groups in total. The van der Waals surface area contributed by atoms with Gasteiger partial charge in [-0.1, -0.05) is 30.3 Å². The lowest BCUT2D eigenvalue weighted by Crippen LogP contribution is -2.38. The minimum absolute atomic E-state index is 0.598. The Morgan fingerprint density at radius 1 is 1.00 bits per heavy atom. The van der Waals surface area contributed by atoms with E-state index >= 15 is 0 Å². The van der Waals surface area contributed by atoms with Gasteiger partial charge < -0.3 is 20.1 Å². The van der Waals surface area contributed by atoms with Gasteiger partial charge in [0.2, 0.25) is 0 Å². The summed E-state index contributed by atoms with van der Waals surface area (Å²) in [5.41, 5.74) is 2.29. The third-order valence-corrected chi connectivity index (χ3v) is 3.78. The number of hydrogen-bond acceptors (Lipinski definition) is 3. The van der Waals surface area contributed by atoms with E-state index in [0.717, 1.165) is 42.5 Å². The van der Waals surface area contributed by atoms with Crippen LogP contribution >= 0.6 is 0 Å². The van der Waals surface area contributed by atoms with E-state index in [0.29, 0.717) is 6.54 Å². The number of guanidine groups is 1. The Morgan fingerprint density at radius 3 is 2.60 bits per heavy atom. The lowest BCUT2D eigenvalue weighted by Gasteiger charge is -2.13. The Hall–Kier alpha value is -2.69. The summed E-state index contributed by atoms with van der Waals surface area (Å²) in [5.74, 6) is 2.57. The third-order valence-electron chi connectivity index (χ3n) is 3.78. The van der Waals surface area contributed by atoms with E-state index < -0.39 is 0 Å². The average Bonchev–Trinajstić information content (AvgIpc) is 2.66. The molecule has 5 heteroatoms. The molecule has 0 radical (unpaired) electrons. The smallest absolute Gasteiger partial charge is 0.191 e. The summed E-state index contributed by atoms with van der Waals surface area (Å²) < 4.78 is 10.6. The van der Waals surface area contributed by atoms with Crippen molar-refractivity contribution in [3.63, 3.8) is 0 Å². The molecule has 0 heterocycles. The lowest BCUT2D eigenvalue weighted by molar-refractivity contribution is 0.409. The fraction of sp³-hybridized carbons (Fsp3) is 0.350. The molecular weight excluding hydrogens is 314 g/mol. The van der Waals surface area contributed by atoms with Crippen molar-refractivity contribution < 1.29 is 9.47 Å². The maximum Gasteiger partial charge on any atom is 0.191 e. The standard InChI is InChI=1S/C20H27N3O2/c1-4-21-20(23-15-16-8-7-10-18(14-16)24-2)22-13-12-17-9-5-6-11-19(17)25-3/h5-11,14H,4,12-13,15H2,1-3H3,(H2,21,22,23). The van der Waals surface area contributed by atoms with Crippen LogP contribution in [0.1, 0.15) is 18.1 Å². The van der Waals surface area contributed by atoms with Crippen molar-refractivity contribution in [3.05, 3.63) is 59.7 Å². The summed E-state index contributed by atoms with van der Waals surface area (Å²) >= 11 is 0. The molecule has 0 unspecified atom stereocenters. The van der Waals surface area contributed by atoms with E-state index in [1.54, 1.807) is 14.2 Å². The van der Waals surface area contributed by atoms with Crippen LogP contribution in [0.2, 0.25) is 0 Å². The van der Waals surface area contributed by atoms with Gasteiger partial charge in [-0.05, 0) is 42.7 Å². The highest BCUT2D eigenvalue weighted by Crippen LogP contribution is 2.17. The molecule has 5 nitrogen and oxygen atoms in total. The fourth-order valence-electron chi connectivity index (χ4n) is 2.51. The molecule has 0 atom stereocenters. The zero-order valence-electron chi connectivity index (χ0n) is 15.2. The molecule has 0 saturated carbocycles. The molecule has 0 spiro atoms. The predicted octanol–water partition coefficient (Wildman–Crippen LogP) is 3.00. The minimum Gasteiger partial charge on any atom is -0.497 e. The zero-order valence-corrected chi connectivity index (χ0v) is 15.2. The Bertz CT molecular complexity index is 686. The molecule has 134 valence electrons. The number of methoxy groups -OCH3 is 2. The van der Waals surface area contributed by atoms with Crippen LogP contribution in [0, 0.1) is 0 Å². The van der Waals surface area contributed by atoms with Crippen molar-refractivity contribution in [3.8, 4) is 11.5 Å². The normalized spacial score (nSPS) is 11.1. The van der Waals surface area contributed by atoms with E-state index in [4.69, 9.17) is 9.47 Å². The topological polar surface area (TPSA) is 54.9 Å². The van der Waals surface area contributed by atoms with Crippen LogP contribution in [-0.2, 0) is 13.0 Å². The molecule has 25 heavy (non-hydrogen) atoms. The van der Waals surface area contributed by atoms with Crippen molar-refractivity contribution in [1.29, 1.82) is 0 Å². The van der Waals surface area contributed by atoms with Crippen molar-refractivity contribution in [1.82, 2.24) is 10.6 Å². The monoisotopic (exact) mass is 341 g/mol. The molecule has 0 aromatic heterocycles. The number of aliphatic imine (C=N–C) groups is 1. The van der Waals surface area contributed by atoms with Crippen molar-refractivity contribution in [2.24, 2.45) is 4.99 Å². The molecule has 2 rings (SSSR count). The second-order valence-corrected chi connectivity index (χ2v) is 5.54. The van der Waals surface area contributed by atoms with Gasteiger partial charge in [-0.2, -0.15) is 0 Å². The average molecular weight is 341 g/mol. The maximum absolute atomic E-state index is 5.39. The molecule has 0 amide bonds. The summed E-state index contributed by atoms with van der Waals surface area (Å²) in [4.78, 5) is 4.64. The van der Waals surface area contributed by atoms with Crippen molar-refractivity contribution >= 4 is 5.96 Å². The Kier molecular flexibility index (Phi) is 7.63. The zero-order chi connectivity index (χ0) is 17.9. The first-order valence-electron chi connectivity index (χ1n) is 8.53. The molecular formula is C20H27N3O2. The number of benzene rings is 2. The Balaban J connectivity index is 1.93.